The molecule has 2 saturated heterocycles. The Morgan fingerprint density at radius 3 is 2.70 bits per heavy atom. The van der Waals surface area contributed by atoms with Crippen molar-refractivity contribution < 1.29 is 22.7 Å². The first-order valence-corrected chi connectivity index (χ1v) is 11.5. The average molecular weight is 429 g/mol. The SMILES string of the molecule is O=C1N(Cc2ccccn2)CCC12CCN(S(=O)(=O)c1cccc3c1OCCO3)C2. The molecule has 1 spiro atoms. The standard InChI is InChI=1S/C21H23N3O5S/c25-20-21(7-10-23(20)14-16-4-1-2-9-22-16)8-11-24(15-21)30(26,27)18-6-3-5-17-19(18)29-13-12-28-17/h1-6,9H,7-8,10-15H2. The summed E-state index contributed by atoms with van der Waals surface area (Å²) in [6.45, 7) is 2.27. The zero-order valence-corrected chi connectivity index (χ0v) is 17.3. The van der Waals surface area contributed by atoms with E-state index >= 15 is 0 Å². The summed E-state index contributed by atoms with van der Waals surface area (Å²) in [7, 11) is -3.80. The second-order valence-corrected chi connectivity index (χ2v) is 9.85. The largest absolute Gasteiger partial charge is 0.486 e. The quantitative estimate of drug-likeness (QED) is 0.735. The lowest BCUT2D eigenvalue weighted by molar-refractivity contribution is -0.135. The minimum Gasteiger partial charge on any atom is -0.486 e. The van der Waals surface area contributed by atoms with Crippen molar-refractivity contribution in [2.75, 3.05) is 32.8 Å². The summed E-state index contributed by atoms with van der Waals surface area (Å²) in [5.74, 6) is 0.717. The zero-order valence-electron chi connectivity index (χ0n) is 16.5. The van der Waals surface area contributed by atoms with Crippen molar-refractivity contribution in [3.63, 3.8) is 0 Å². The van der Waals surface area contributed by atoms with E-state index in [-0.39, 0.29) is 23.1 Å². The molecular formula is C21H23N3O5S. The Morgan fingerprint density at radius 2 is 1.87 bits per heavy atom. The molecule has 0 aliphatic carbocycles. The Balaban J connectivity index is 1.36. The van der Waals surface area contributed by atoms with E-state index in [4.69, 9.17) is 9.47 Å². The molecule has 3 aliphatic rings. The molecule has 3 aliphatic heterocycles. The fourth-order valence-corrected chi connectivity index (χ4v) is 6.21. The van der Waals surface area contributed by atoms with E-state index in [1.807, 2.05) is 18.2 Å². The van der Waals surface area contributed by atoms with Gasteiger partial charge in [-0.2, -0.15) is 4.31 Å². The Kier molecular flexibility index (Phi) is 4.67. The van der Waals surface area contributed by atoms with Crippen molar-refractivity contribution in [3.05, 3.63) is 48.3 Å². The highest BCUT2D eigenvalue weighted by atomic mass is 32.2. The number of aromatic nitrogens is 1. The molecule has 1 aromatic carbocycles. The third kappa shape index (κ3) is 3.13. The minimum absolute atomic E-state index is 0.0144. The van der Waals surface area contributed by atoms with Gasteiger partial charge in [0.2, 0.25) is 15.9 Å². The molecule has 4 heterocycles. The van der Waals surface area contributed by atoms with E-state index in [1.165, 1.54) is 10.4 Å². The van der Waals surface area contributed by atoms with Crippen LogP contribution >= 0.6 is 0 Å². The smallest absolute Gasteiger partial charge is 0.246 e. The molecule has 1 amide bonds. The number of ether oxygens (including phenoxy) is 2. The van der Waals surface area contributed by atoms with Crippen LogP contribution in [0.4, 0.5) is 0 Å². The summed E-state index contributed by atoms with van der Waals surface area (Å²) in [4.78, 5) is 19.4. The average Bonchev–Trinajstić information content (AvgIpc) is 3.34. The Labute approximate surface area is 175 Å². The van der Waals surface area contributed by atoms with E-state index in [0.29, 0.717) is 51.4 Å². The van der Waals surface area contributed by atoms with Crippen molar-refractivity contribution in [2.45, 2.75) is 24.3 Å². The highest BCUT2D eigenvalue weighted by molar-refractivity contribution is 7.89. The monoisotopic (exact) mass is 429 g/mol. The summed E-state index contributed by atoms with van der Waals surface area (Å²) in [6, 6.07) is 10.5. The molecule has 2 aromatic rings. The number of pyridine rings is 1. The first-order chi connectivity index (χ1) is 14.5. The van der Waals surface area contributed by atoms with E-state index in [1.54, 1.807) is 23.2 Å². The number of likely N-dealkylation sites (tertiary alicyclic amines) is 1. The highest BCUT2D eigenvalue weighted by Crippen LogP contribution is 2.45. The Bertz CT molecular complexity index is 1080. The van der Waals surface area contributed by atoms with Gasteiger partial charge in [0.1, 0.15) is 18.1 Å². The van der Waals surface area contributed by atoms with Crippen LogP contribution in [0, 0.1) is 5.41 Å². The molecule has 0 N–H and O–H groups in total. The maximum Gasteiger partial charge on any atom is 0.246 e. The van der Waals surface area contributed by atoms with Crippen molar-refractivity contribution in [2.24, 2.45) is 5.41 Å². The van der Waals surface area contributed by atoms with Crippen LogP contribution in [-0.4, -0.2) is 61.4 Å². The first kappa shape index (κ1) is 19.3. The van der Waals surface area contributed by atoms with Gasteiger partial charge in [0, 0.05) is 25.8 Å². The number of hydrogen-bond acceptors (Lipinski definition) is 6. The molecule has 0 radical (unpaired) electrons. The fourth-order valence-electron chi connectivity index (χ4n) is 4.54. The van der Waals surface area contributed by atoms with E-state index in [2.05, 4.69) is 4.98 Å². The van der Waals surface area contributed by atoms with Crippen LogP contribution in [0.5, 0.6) is 11.5 Å². The van der Waals surface area contributed by atoms with Gasteiger partial charge in [-0.05, 0) is 37.1 Å². The van der Waals surface area contributed by atoms with E-state index < -0.39 is 15.4 Å². The maximum atomic E-state index is 13.4. The van der Waals surface area contributed by atoms with Gasteiger partial charge in [0.25, 0.3) is 0 Å². The normalized spacial score (nSPS) is 24.0. The lowest BCUT2D eigenvalue weighted by Crippen LogP contribution is -2.38. The molecule has 5 rings (SSSR count). The maximum absolute atomic E-state index is 13.4. The van der Waals surface area contributed by atoms with Crippen molar-refractivity contribution in [1.82, 2.24) is 14.2 Å². The molecule has 9 heteroatoms. The number of para-hydroxylation sites is 1. The third-order valence-corrected chi connectivity index (χ3v) is 8.02. The molecule has 0 bridgehead atoms. The second kappa shape index (κ2) is 7.24. The van der Waals surface area contributed by atoms with E-state index in [9.17, 15) is 13.2 Å². The van der Waals surface area contributed by atoms with Crippen molar-refractivity contribution >= 4 is 15.9 Å². The molecule has 8 nitrogen and oxygen atoms in total. The Morgan fingerprint density at radius 1 is 1.03 bits per heavy atom. The number of sulfonamides is 1. The van der Waals surface area contributed by atoms with Crippen molar-refractivity contribution in [3.8, 4) is 11.5 Å². The third-order valence-electron chi connectivity index (χ3n) is 6.15. The van der Waals surface area contributed by atoms with Gasteiger partial charge in [0.05, 0.1) is 17.7 Å². The van der Waals surface area contributed by atoms with Crippen molar-refractivity contribution in [1.29, 1.82) is 0 Å². The van der Waals surface area contributed by atoms with Gasteiger partial charge in [-0.15, -0.1) is 0 Å². The summed E-state index contributed by atoms with van der Waals surface area (Å²) < 4.78 is 39.3. The highest BCUT2D eigenvalue weighted by Gasteiger charge is 2.53. The molecule has 1 atom stereocenters. The molecular weight excluding hydrogens is 406 g/mol. The summed E-state index contributed by atoms with van der Waals surface area (Å²) in [5.41, 5.74) is 0.173. The molecule has 30 heavy (non-hydrogen) atoms. The molecule has 2 fully saturated rings. The molecule has 1 aromatic heterocycles. The first-order valence-electron chi connectivity index (χ1n) is 10.1. The summed E-state index contributed by atoms with van der Waals surface area (Å²) in [5, 5.41) is 0. The molecule has 158 valence electrons. The Hall–Kier alpha value is -2.65. The number of benzene rings is 1. The van der Waals surface area contributed by atoms with Crippen LogP contribution in [0.15, 0.2) is 47.5 Å². The van der Waals surface area contributed by atoms with Gasteiger partial charge < -0.3 is 14.4 Å². The van der Waals surface area contributed by atoms with Gasteiger partial charge in [-0.3, -0.25) is 9.78 Å². The van der Waals surface area contributed by atoms with Crippen LogP contribution in [0.25, 0.3) is 0 Å². The number of carbonyl (C=O) groups is 1. The predicted octanol–water partition coefficient (Wildman–Crippen LogP) is 1.67. The molecule has 1 unspecified atom stereocenters. The summed E-state index contributed by atoms with van der Waals surface area (Å²) >= 11 is 0. The molecule has 0 saturated carbocycles. The number of nitrogens with zero attached hydrogens (tertiary/aromatic N) is 3. The second-order valence-electron chi connectivity index (χ2n) is 7.95. The number of carbonyl (C=O) groups excluding carboxylic acids is 1. The fraction of sp³-hybridized carbons (Fsp3) is 0.429. The van der Waals surface area contributed by atoms with Gasteiger partial charge in [0.15, 0.2) is 11.5 Å². The summed E-state index contributed by atoms with van der Waals surface area (Å²) in [6.07, 6.45) is 2.88. The van der Waals surface area contributed by atoms with Crippen LogP contribution in [-0.2, 0) is 21.4 Å². The number of rotatable bonds is 4. The topological polar surface area (TPSA) is 89.0 Å². The van der Waals surface area contributed by atoms with Gasteiger partial charge in [-0.1, -0.05) is 12.1 Å². The zero-order chi connectivity index (χ0) is 20.8. The van der Waals surface area contributed by atoms with Gasteiger partial charge in [-0.25, -0.2) is 8.42 Å². The number of hydrogen-bond donors (Lipinski definition) is 0. The van der Waals surface area contributed by atoms with Crippen LogP contribution in [0.2, 0.25) is 0 Å². The van der Waals surface area contributed by atoms with E-state index in [0.717, 1.165) is 5.69 Å². The number of amides is 1. The van der Waals surface area contributed by atoms with Crippen LogP contribution in [0.3, 0.4) is 0 Å². The van der Waals surface area contributed by atoms with Crippen LogP contribution < -0.4 is 9.47 Å². The lowest BCUT2D eigenvalue weighted by atomic mass is 9.86. The lowest BCUT2D eigenvalue weighted by Gasteiger charge is -2.25. The minimum atomic E-state index is -3.80. The van der Waals surface area contributed by atoms with Crippen LogP contribution in [0.1, 0.15) is 18.5 Å². The predicted molar refractivity (Wildman–Crippen MR) is 108 cm³/mol. The number of fused-ring (bicyclic) bond motifs is 1. The van der Waals surface area contributed by atoms with Gasteiger partial charge >= 0.3 is 0 Å².